The molecule has 5 nitrogen and oxygen atoms in total. The van der Waals surface area contributed by atoms with Gasteiger partial charge >= 0.3 is 0 Å². The maximum absolute atomic E-state index is 9.82. The van der Waals surface area contributed by atoms with Crippen LogP contribution in [0.3, 0.4) is 0 Å². The Labute approximate surface area is 78.1 Å². The van der Waals surface area contributed by atoms with E-state index in [9.17, 15) is 9.59 Å². The molecule has 0 fully saturated rings. The summed E-state index contributed by atoms with van der Waals surface area (Å²) < 4.78 is 0. The van der Waals surface area contributed by atoms with Gasteiger partial charge in [-0.15, -0.1) is 0 Å². The summed E-state index contributed by atoms with van der Waals surface area (Å²) in [6.07, 6.45) is 0. The maximum atomic E-state index is 9.82. The average molecular weight is 187 g/mol. The van der Waals surface area contributed by atoms with Crippen LogP contribution in [0.5, 0.6) is 0 Å². The highest BCUT2D eigenvalue weighted by atomic mass is 16.1. The van der Waals surface area contributed by atoms with Crippen LogP contribution in [0.15, 0.2) is 24.3 Å². The van der Waals surface area contributed by atoms with E-state index in [0.717, 1.165) is 0 Å². The van der Waals surface area contributed by atoms with Crippen LogP contribution in [-0.4, -0.2) is 11.8 Å². The molecule has 0 aliphatic heterocycles. The molecule has 7 N–H and O–H groups in total. The van der Waals surface area contributed by atoms with Gasteiger partial charge in [-0.2, -0.15) is 0 Å². The van der Waals surface area contributed by atoms with Crippen molar-refractivity contribution in [2.75, 3.05) is 0 Å². The second kappa shape index (κ2) is 8.48. The number of hydrogen-bond donors (Lipinski definition) is 3. The summed E-state index contributed by atoms with van der Waals surface area (Å²) in [7, 11) is 0. The highest BCUT2D eigenvalue weighted by molar-refractivity contribution is 5.90. The van der Waals surface area contributed by atoms with Gasteiger partial charge < -0.3 is 17.6 Å². The van der Waals surface area contributed by atoms with Gasteiger partial charge in [-0.3, -0.25) is 9.59 Å². The van der Waals surface area contributed by atoms with E-state index in [1.807, 2.05) is 0 Å². The Hall–Kier alpha value is -1.62. The van der Waals surface area contributed by atoms with Crippen LogP contribution in [0.2, 0.25) is 0 Å². The molecule has 0 aromatic rings. The minimum absolute atomic E-state index is 0. The van der Waals surface area contributed by atoms with Gasteiger partial charge in [-0.1, -0.05) is 13.2 Å². The van der Waals surface area contributed by atoms with Crippen LogP contribution >= 0.6 is 0 Å². The monoisotopic (exact) mass is 187 g/mol. The third kappa shape index (κ3) is 17.9. The topological polar surface area (TPSA) is 121 Å². The molecule has 13 heavy (non-hydrogen) atoms. The van der Waals surface area contributed by atoms with Gasteiger partial charge in [0, 0.05) is 11.1 Å². The molecule has 0 heterocycles. The Morgan fingerprint density at radius 2 is 1.00 bits per heavy atom. The van der Waals surface area contributed by atoms with Crippen LogP contribution in [0.4, 0.5) is 0 Å². The van der Waals surface area contributed by atoms with Gasteiger partial charge in [0.05, 0.1) is 0 Å². The van der Waals surface area contributed by atoms with Crippen molar-refractivity contribution in [3.8, 4) is 0 Å². The molecule has 0 aromatic heterocycles. The number of carbonyl (C=O) groups excluding carboxylic acids is 2. The van der Waals surface area contributed by atoms with Gasteiger partial charge in [0.2, 0.25) is 11.8 Å². The first-order chi connectivity index (χ1) is 5.29. The molecule has 0 saturated carbocycles. The molecular formula is C8H17N3O2. The fraction of sp³-hybridized carbons (Fsp3) is 0.250. The number of primary amides is 2. The van der Waals surface area contributed by atoms with E-state index in [2.05, 4.69) is 13.2 Å². The Kier molecular flexibility index (Phi) is 11.4. The van der Waals surface area contributed by atoms with Crippen LogP contribution < -0.4 is 17.6 Å². The molecular weight excluding hydrogens is 170 g/mol. The molecule has 2 amide bonds. The summed E-state index contributed by atoms with van der Waals surface area (Å²) in [5, 5.41) is 0. The van der Waals surface area contributed by atoms with Crippen LogP contribution in [-0.2, 0) is 9.59 Å². The van der Waals surface area contributed by atoms with Crippen LogP contribution in [0, 0.1) is 0 Å². The second-order valence-electron chi connectivity index (χ2n) is 2.29. The molecule has 0 aliphatic rings. The lowest BCUT2D eigenvalue weighted by molar-refractivity contribution is -0.115. The number of hydrogen-bond acceptors (Lipinski definition) is 3. The normalized spacial score (nSPS) is 6.92. The summed E-state index contributed by atoms with van der Waals surface area (Å²) in [5.74, 6) is -0.870. The minimum atomic E-state index is -0.435. The van der Waals surface area contributed by atoms with Crippen molar-refractivity contribution in [3.63, 3.8) is 0 Å². The molecule has 76 valence electrons. The van der Waals surface area contributed by atoms with E-state index in [1.165, 1.54) is 0 Å². The molecule has 0 spiro atoms. The first-order valence-electron chi connectivity index (χ1n) is 3.19. The first kappa shape index (κ1) is 17.5. The smallest absolute Gasteiger partial charge is 0.243 e. The number of nitrogens with two attached hydrogens (primary N) is 2. The zero-order chi connectivity index (χ0) is 10.3. The average Bonchev–Trinajstić information content (AvgIpc) is 1.88. The van der Waals surface area contributed by atoms with Crippen molar-refractivity contribution in [1.29, 1.82) is 0 Å². The maximum Gasteiger partial charge on any atom is 0.243 e. The van der Waals surface area contributed by atoms with Gasteiger partial charge in [0.15, 0.2) is 0 Å². The van der Waals surface area contributed by atoms with Gasteiger partial charge in [-0.25, -0.2) is 0 Å². The van der Waals surface area contributed by atoms with Crippen LogP contribution in [0.1, 0.15) is 13.8 Å². The van der Waals surface area contributed by atoms with E-state index in [-0.39, 0.29) is 6.15 Å². The molecule has 0 rings (SSSR count). The molecule has 0 radical (unpaired) electrons. The van der Waals surface area contributed by atoms with E-state index in [1.54, 1.807) is 13.8 Å². The van der Waals surface area contributed by atoms with Crippen molar-refractivity contribution in [3.05, 3.63) is 24.3 Å². The molecule has 0 aromatic carbocycles. The zero-order valence-electron chi connectivity index (χ0n) is 8.09. The summed E-state index contributed by atoms with van der Waals surface area (Å²) in [5.41, 5.74) is 10.2. The van der Waals surface area contributed by atoms with Gasteiger partial charge in [0.1, 0.15) is 0 Å². The van der Waals surface area contributed by atoms with Crippen molar-refractivity contribution in [1.82, 2.24) is 6.15 Å². The zero-order valence-corrected chi connectivity index (χ0v) is 8.09. The fourth-order valence-corrected chi connectivity index (χ4v) is 0. The Balaban J connectivity index is -0.000000143. The largest absolute Gasteiger partial charge is 0.366 e. The van der Waals surface area contributed by atoms with Crippen molar-refractivity contribution < 1.29 is 9.59 Å². The number of rotatable bonds is 2. The van der Waals surface area contributed by atoms with Crippen molar-refractivity contribution in [2.24, 2.45) is 11.5 Å². The Bertz CT molecular complexity index is 173. The van der Waals surface area contributed by atoms with Gasteiger partial charge in [0.25, 0.3) is 0 Å². The molecule has 5 heteroatoms. The quantitative estimate of drug-likeness (QED) is 0.537. The SMILES string of the molecule is C=C(C)C(N)=O.C=C(C)C(N)=O.N. The van der Waals surface area contributed by atoms with Crippen molar-refractivity contribution in [2.45, 2.75) is 13.8 Å². The third-order valence-electron chi connectivity index (χ3n) is 0.841. The molecule has 0 atom stereocenters. The van der Waals surface area contributed by atoms with Crippen molar-refractivity contribution >= 4 is 11.8 Å². The third-order valence-corrected chi connectivity index (χ3v) is 0.841. The number of amides is 2. The fourth-order valence-electron chi connectivity index (χ4n) is 0. The molecule has 0 bridgehead atoms. The van der Waals surface area contributed by atoms with E-state index < -0.39 is 11.8 Å². The van der Waals surface area contributed by atoms with E-state index in [0.29, 0.717) is 11.1 Å². The second-order valence-corrected chi connectivity index (χ2v) is 2.29. The van der Waals surface area contributed by atoms with E-state index in [4.69, 9.17) is 11.5 Å². The standard InChI is InChI=1S/2C4H7NO.H3N/c2*1-3(2)4(5)6;/h2*1H2,2H3,(H2,5,6);1H3. The minimum Gasteiger partial charge on any atom is -0.366 e. The lowest BCUT2D eigenvalue weighted by Crippen LogP contribution is -2.10. The first-order valence-corrected chi connectivity index (χ1v) is 3.19. The lowest BCUT2D eigenvalue weighted by atomic mass is 10.3. The van der Waals surface area contributed by atoms with Crippen LogP contribution in [0.25, 0.3) is 0 Å². The summed E-state index contributed by atoms with van der Waals surface area (Å²) in [6, 6.07) is 0. The predicted octanol–water partition coefficient (Wildman–Crippen LogP) is 0.258. The summed E-state index contributed by atoms with van der Waals surface area (Å²) in [6.45, 7) is 9.70. The molecule has 0 unspecified atom stereocenters. The molecule has 0 saturated heterocycles. The van der Waals surface area contributed by atoms with Gasteiger partial charge in [-0.05, 0) is 13.8 Å². The highest BCUT2D eigenvalue weighted by Crippen LogP contribution is 1.78. The Morgan fingerprint density at radius 3 is 1.00 bits per heavy atom. The predicted molar refractivity (Wildman–Crippen MR) is 53.0 cm³/mol. The summed E-state index contributed by atoms with van der Waals surface area (Å²) >= 11 is 0. The lowest BCUT2D eigenvalue weighted by Gasteiger charge is -1.81. The number of carbonyl (C=O) groups is 2. The van der Waals surface area contributed by atoms with E-state index >= 15 is 0 Å². The summed E-state index contributed by atoms with van der Waals surface area (Å²) in [4.78, 5) is 19.6. The Morgan fingerprint density at radius 1 is 0.923 bits per heavy atom. The highest BCUT2D eigenvalue weighted by Gasteiger charge is 1.87. The molecule has 0 aliphatic carbocycles.